The van der Waals surface area contributed by atoms with E-state index in [2.05, 4.69) is 25.1 Å². The fourth-order valence-electron chi connectivity index (χ4n) is 5.84. The van der Waals surface area contributed by atoms with E-state index in [9.17, 15) is 15.8 Å². The second kappa shape index (κ2) is 7.83. The summed E-state index contributed by atoms with van der Waals surface area (Å²) in [5.74, 6) is -0.994. The van der Waals surface area contributed by atoms with E-state index in [0.717, 1.165) is 12.8 Å². The van der Waals surface area contributed by atoms with Gasteiger partial charge in [-0.15, -0.1) is 0 Å². The molecule has 1 aromatic rings. The van der Waals surface area contributed by atoms with Crippen LogP contribution in [0.3, 0.4) is 0 Å². The van der Waals surface area contributed by atoms with E-state index in [1.54, 1.807) is 12.1 Å². The van der Waals surface area contributed by atoms with Crippen LogP contribution in [0.4, 0.5) is 0 Å². The fourth-order valence-corrected chi connectivity index (χ4v) is 5.84. The molecule has 0 amide bonds. The van der Waals surface area contributed by atoms with Gasteiger partial charge in [0.15, 0.2) is 5.41 Å². The Hall–Kier alpha value is -3.48. The normalized spacial score (nSPS) is 33.5. The molecule has 0 aromatic heterocycles. The molecule has 9 nitrogen and oxygen atoms in total. The Morgan fingerprint density at radius 1 is 1.06 bits per heavy atom. The standard InChI is InChI=1S/C24H26N4O5/c1-5-14-6-7-24-18(8-14)23(13-27,21(28)33-24)22(11-25,12-26)20(32-24)19-16(30-3)9-15(29-2)10-17(19)31-4/h9-10,14,18,20,28H,5-8H2,1-4H3. The third-order valence-electron chi connectivity index (χ3n) is 7.61. The lowest BCUT2D eigenvalue weighted by Crippen LogP contribution is -2.61. The number of nitrogens with zero attached hydrogens (tertiary/aromatic N) is 3. The van der Waals surface area contributed by atoms with Gasteiger partial charge in [0.25, 0.3) is 0 Å². The lowest BCUT2D eigenvalue weighted by Gasteiger charge is -2.52. The summed E-state index contributed by atoms with van der Waals surface area (Å²) < 4.78 is 29.0. The fraction of sp³-hybridized carbons (Fsp3) is 0.583. The van der Waals surface area contributed by atoms with Gasteiger partial charge in [-0.05, 0) is 18.8 Å². The Bertz CT molecular complexity index is 1080. The molecule has 2 aliphatic heterocycles. The highest BCUT2D eigenvalue weighted by molar-refractivity contribution is 5.89. The lowest BCUT2D eigenvalue weighted by atomic mass is 9.50. The number of methoxy groups -OCH3 is 3. The molecular formula is C24H26N4O5. The van der Waals surface area contributed by atoms with E-state index in [-0.39, 0.29) is 23.3 Å². The smallest absolute Gasteiger partial charge is 0.217 e. The van der Waals surface area contributed by atoms with Gasteiger partial charge >= 0.3 is 0 Å². The van der Waals surface area contributed by atoms with E-state index in [1.165, 1.54) is 21.3 Å². The van der Waals surface area contributed by atoms with Crippen LogP contribution in [-0.2, 0) is 9.47 Å². The summed E-state index contributed by atoms with van der Waals surface area (Å²) in [4.78, 5) is 0. The van der Waals surface area contributed by atoms with Gasteiger partial charge in [0.05, 0.1) is 51.0 Å². The maximum absolute atomic E-state index is 10.5. The van der Waals surface area contributed by atoms with E-state index < -0.39 is 28.6 Å². The number of benzene rings is 1. The van der Waals surface area contributed by atoms with Crippen LogP contribution in [0.1, 0.15) is 44.3 Å². The average Bonchev–Trinajstić information content (AvgIpc) is 3.06. The van der Waals surface area contributed by atoms with Crippen LogP contribution in [0.15, 0.2) is 12.1 Å². The Kier molecular flexibility index (Phi) is 5.39. The van der Waals surface area contributed by atoms with Gasteiger partial charge in [-0.1, -0.05) is 13.3 Å². The monoisotopic (exact) mass is 450 g/mol. The zero-order valence-electron chi connectivity index (χ0n) is 19.1. The van der Waals surface area contributed by atoms with Gasteiger partial charge in [0.2, 0.25) is 17.1 Å². The van der Waals surface area contributed by atoms with Crippen molar-refractivity contribution in [1.29, 1.82) is 21.2 Å². The molecule has 0 radical (unpaired) electrons. The molecule has 33 heavy (non-hydrogen) atoms. The summed E-state index contributed by atoms with van der Waals surface area (Å²) in [7, 11) is 4.39. The van der Waals surface area contributed by atoms with Gasteiger partial charge in [0.1, 0.15) is 23.4 Å². The van der Waals surface area contributed by atoms with Gasteiger partial charge in [-0.25, -0.2) is 0 Å². The first-order chi connectivity index (χ1) is 15.9. The molecule has 2 heterocycles. The summed E-state index contributed by atoms with van der Waals surface area (Å²) in [5, 5.41) is 40.2. The number of nitrogens with one attached hydrogen (secondary N) is 1. The molecule has 2 saturated heterocycles. The topological polar surface area (TPSA) is 141 Å². The maximum Gasteiger partial charge on any atom is 0.217 e. The van der Waals surface area contributed by atoms with Crippen molar-refractivity contribution in [3.05, 3.63) is 17.7 Å². The Morgan fingerprint density at radius 2 is 1.70 bits per heavy atom. The Morgan fingerprint density at radius 3 is 2.18 bits per heavy atom. The summed E-state index contributed by atoms with van der Waals surface area (Å²) in [5.41, 5.74) is -3.57. The van der Waals surface area contributed by atoms with Crippen molar-refractivity contribution in [2.45, 2.75) is 44.5 Å². The highest BCUT2D eigenvalue weighted by Gasteiger charge is 2.81. The van der Waals surface area contributed by atoms with E-state index in [0.29, 0.717) is 24.2 Å². The van der Waals surface area contributed by atoms with Crippen LogP contribution in [0.2, 0.25) is 0 Å². The largest absolute Gasteiger partial charge is 0.496 e. The number of nitriles is 3. The zero-order chi connectivity index (χ0) is 24.0. The molecular weight excluding hydrogens is 424 g/mol. The van der Waals surface area contributed by atoms with Crippen molar-refractivity contribution in [3.63, 3.8) is 0 Å². The quantitative estimate of drug-likeness (QED) is 0.713. The number of hydrogen-bond acceptors (Lipinski definition) is 9. The first kappa shape index (κ1) is 22.7. The first-order valence-corrected chi connectivity index (χ1v) is 10.9. The molecule has 0 spiro atoms. The molecule has 5 unspecified atom stereocenters. The van der Waals surface area contributed by atoms with Crippen molar-refractivity contribution >= 4 is 5.90 Å². The molecule has 3 aliphatic rings. The minimum absolute atomic E-state index is 0.280. The number of hydrogen-bond donors (Lipinski definition) is 1. The second-order valence-corrected chi connectivity index (χ2v) is 8.74. The minimum atomic E-state index is -2.08. The predicted octanol–water partition coefficient (Wildman–Crippen LogP) is 3.86. The van der Waals surface area contributed by atoms with E-state index >= 15 is 0 Å². The van der Waals surface area contributed by atoms with Gasteiger partial charge in [-0.3, -0.25) is 5.41 Å². The molecule has 3 fully saturated rings. The van der Waals surface area contributed by atoms with Crippen molar-refractivity contribution in [3.8, 4) is 35.5 Å². The summed E-state index contributed by atoms with van der Waals surface area (Å²) >= 11 is 0. The van der Waals surface area contributed by atoms with Crippen LogP contribution < -0.4 is 14.2 Å². The molecule has 172 valence electrons. The molecule has 1 aromatic carbocycles. The predicted molar refractivity (Wildman–Crippen MR) is 114 cm³/mol. The molecule has 2 bridgehead atoms. The Balaban J connectivity index is 2.03. The Labute approximate surface area is 192 Å². The number of rotatable bonds is 5. The summed E-state index contributed by atoms with van der Waals surface area (Å²) in [6.45, 7) is 2.07. The van der Waals surface area contributed by atoms with Crippen molar-refractivity contribution in [1.82, 2.24) is 0 Å². The van der Waals surface area contributed by atoms with E-state index in [4.69, 9.17) is 29.1 Å². The van der Waals surface area contributed by atoms with Gasteiger partial charge in [-0.2, -0.15) is 15.8 Å². The maximum atomic E-state index is 10.5. The van der Waals surface area contributed by atoms with Crippen LogP contribution in [0, 0.1) is 62.1 Å². The second-order valence-electron chi connectivity index (χ2n) is 8.74. The van der Waals surface area contributed by atoms with Crippen molar-refractivity contribution in [2.24, 2.45) is 22.7 Å². The SMILES string of the molecule is CCC1CCC23OC(=N)C(C#N)(C2C1)C(C#N)(C#N)C(c1c(OC)cc(OC)cc1OC)O3. The first-order valence-electron chi connectivity index (χ1n) is 10.9. The van der Waals surface area contributed by atoms with Crippen LogP contribution in [0.5, 0.6) is 17.2 Å². The van der Waals surface area contributed by atoms with E-state index in [1.807, 2.05) is 0 Å². The molecule has 5 atom stereocenters. The highest BCUT2D eigenvalue weighted by Crippen LogP contribution is 2.71. The van der Waals surface area contributed by atoms with Gasteiger partial charge < -0.3 is 23.7 Å². The summed E-state index contributed by atoms with van der Waals surface area (Å²) in [6, 6.07) is 9.59. The van der Waals surface area contributed by atoms with Crippen LogP contribution >= 0.6 is 0 Å². The average molecular weight is 450 g/mol. The molecule has 1 aliphatic carbocycles. The molecule has 9 heteroatoms. The zero-order valence-corrected chi connectivity index (χ0v) is 19.1. The van der Waals surface area contributed by atoms with Crippen LogP contribution in [-0.4, -0.2) is 33.0 Å². The van der Waals surface area contributed by atoms with Crippen molar-refractivity contribution in [2.75, 3.05) is 21.3 Å². The summed E-state index contributed by atoms with van der Waals surface area (Å²) in [6.07, 6.45) is 1.39. The van der Waals surface area contributed by atoms with Crippen LogP contribution in [0.25, 0.3) is 0 Å². The molecule has 1 saturated carbocycles. The number of ether oxygens (including phenoxy) is 5. The van der Waals surface area contributed by atoms with Crippen molar-refractivity contribution < 1.29 is 23.7 Å². The third kappa shape index (κ3) is 2.68. The molecule has 1 N–H and O–H groups in total. The highest BCUT2D eigenvalue weighted by atomic mass is 16.7. The minimum Gasteiger partial charge on any atom is -0.496 e. The molecule has 4 rings (SSSR count). The van der Waals surface area contributed by atoms with Gasteiger partial charge in [0, 0.05) is 18.6 Å². The third-order valence-corrected chi connectivity index (χ3v) is 7.61. The lowest BCUT2D eigenvalue weighted by molar-refractivity contribution is -0.299.